The van der Waals surface area contributed by atoms with E-state index in [1.165, 1.54) is 6.33 Å². The SMILES string of the molecule is CC(C)n1ncnc1CC(O)c1ccccc1. The van der Waals surface area contributed by atoms with Crippen LogP contribution in [0.4, 0.5) is 0 Å². The highest BCUT2D eigenvalue weighted by Crippen LogP contribution is 2.17. The molecule has 0 aliphatic heterocycles. The van der Waals surface area contributed by atoms with E-state index in [1.807, 2.05) is 48.9 Å². The van der Waals surface area contributed by atoms with Gasteiger partial charge in [-0.05, 0) is 19.4 Å². The van der Waals surface area contributed by atoms with E-state index in [9.17, 15) is 5.11 Å². The third-order valence-electron chi connectivity index (χ3n) is 2.70. The lowest BCUT2D eigenvalue weighted by Gasteiger charge is -2.13. The molecule has 0 bridgehead atoms. The standard InChI is InChI=1S/C13H17N3O/c1-10(2)16-13(14-9-15-16)8-12(17)11-6-4-3-5-7-11/h3-7,9-10,12,17H,8H2,1-2H3. The van der Waals surface area contributed by atoms with E-state index in [0.29, 0.717) is 6.42 Å². The maximum atomic E-state index is 10.1. The Morgan fingerprint density at radius 1 is 1.24 bits per heavy atom. The molecule has 0 aliphatic carbocycles. The van der Waals surface area contributed by atoms with Crippen LogP contribution in [0.1, 0.15) is 37.4 Å². The average molecular weight is 231 g/mol. The minimum absolute atomic E-state index is 0.260. The molecule has 1 aromatic heterocycles. The molecule has 17 heavy (non-hydrogen) atoms. The van der Waals surface area contributed by atoms with E-state index < -0.39 is 6.10 Å². The van der Waals surface area contributed by atoms with E-state index in [-0.39, 0.29) is 6.04 Å². The maximum Gasteiger partial charge on any atom is 0.138 e. The molecule has 4 nitrogen and oxygen atoms in total. The molecule has 2 aromatic rings. The van der Waals surface area contributed by atoms with Gasteiger partial charge in [-0.3, -0.25) is 0 Å². The zero-order valence-electron chi connectivity index (χ0n) is 10.1. The summed E-state index contributed by atoms with van der Waals surface area (Å²) in [5.41, 5.74) is 0.908. The van der Waals surface area contributed by atoms with Crippen LogP contribution in [0.25, 0.3) is 0 Å². The predicted octanol–water partition coefficient (Wildman–Crippen LogP) is 2.14. The molecule has 1 atom stereocenters. The van der Waals surface area contributed by atoms with Gasteiger partial charge < -0.3 is 5.11 Å². The molecule has 1 heterocycles. The van der Waals surface area contributed by atoms with Crippen LogP contribution in [-0.2, 0) is 6.42 Å². The molecule has 0 radical (unpaired) electrons. The number of hydrogen-bond acceptors (Lipinski definition) is 3. The first kappa shape index (κ1) is 11.8. The molecule has 0 fully saturated rings. The molecule has 0 spiro atoms. The summed E-state index contributed by atoms with van der Waals surface area (Å²) in [7, 11) is 0. The Kier molecular flexibility index (Phi) is 3.54. The molecule has 4 heteroatoms. The van der Waals surface area contributed by atoms with Gasteiger partial charge in [0.1, 0.15) is 12.2 Å². The van der Waals surface area contributed by atoms with E-state index >= 15 is 0 Å². The average Bonchev–Trinajstić information content (AvgIpc) is 2.78. The van der Waals surface area contributed by atoms with Crippen LogP contribution in [0.5, 0.6) is 0 Å². The van der Waals surface area contributed by atoms with Gasteiger partial charge in [0.05, 0.1) is 6.10 Å². The van der Waals surface area contributed by atoms with E-state index in [2.05, 4.69) is 10.1 Å². The zero-order valence-corrected chi connectivity index (χ0v) is 10.1. The summed E-state index contributed by atoms with van der Waals surface area (Å²) in [6.07, 6.45) is 1.49. The maximum absolute atomic E-state index is 10.1. The van der Waals surface area contributed by atoms with Gasteiger partial charge in [-0.1, -0.05) is 30.3 Å². The van der Waals surface area contributed by atoms with Crippen molar-refractivity contribution in [2.45, 2.75) is 32.4 Å². The second-order valence-corrected chi connectivity index (χ2v) is 4.35. The monoisotopic (exact) mass is 231 g/mol. The number of aliphatic hydroxyl groups excluding tert-OH is 1. The topological polar surface area (TPSA) is 50.9 Å². The van der Waals surface area contributed by atoms with Gasteiger partial charge in [-0.15, -0.1) is 0 Å². The number of aliphatic hydroxyl groups is 1. The smallest absolute Gasteiger partial charge is 0.138 e. The number of rotatable bonds is 4. The first-order chi connectivity index (χ1) is 8.18. The fourth-order valence-corrected chi connectivity index (χ4v) is 1.82. The van der Waals surface area contributed by atoms with Crippen molar-refractivity contribution in [3.63, 3.8) is 0 Å². The highest BCUT2D eigenvalue weighted by atomic mass is 16.3. The van der Waals surface area contributed by atoms with Crippen LogP contribution in [0, 0.1) is 0 Å². The molecule has 90 valence electrons. The van der Waals surface area contributed by atoms with Crippen molar-refractivity contribution in [3.05, 3.63) is 48.0 Å². The molecule has 2 rings (SSSR count). The Labute approximate surface area is 101 Å². The summed E-state index contributed by atoms with van der Waals surface area (Å²) in [6, 6.07) is 9.88. The van der Waals surface area contributed by atoms with E-state index in [0.717, 1.165) is 11.4 Å². The number of nitrogens with zero attached hydrogens (tertiary/aromatic N) is 3. The van der Waals surface area contributed by atoms with E-state index in [1.54, 1.807) is 0 Å². The van der Waals surface area contributed by atoms with Crippen molar-refractivity contribution >= 4 is 0 Å². The van der Waals surface area contributed by atoms with Gasteiger partial charge in [0, 0.05) is 12.5 Å². The Balaban J connectivity index is 2.13. The van der Waals surface area contributed by atoms with Crippen molar-refractivity contribution in [2.24, 2.45) is 0 Å². The van der Waals surface area contributed by atoms with Crippen molar-refractivity contribution in [2.75, 3.05) is 0 Å². The summed E-state index contributed by atoms with van der Waals surface area (Å²) >= 11 is 0. The molecule has 1 N–H and O–H groups in total. The largest absolute Gasteiger partial charge is 0.388 e. The quantitative estimate of drug-likeness (QED) is 0.877. The Bertz CT molecular complexity index is 465. The molecule has 0 saturated heterocycles. The highest BCUT2D eigenvalue weighted by molar-refractivity contribution is 5.18. The van der Waals surface area contributed by atoms with Crippen molar-refractivity contribution < 1.29 is 5.11 Å². The lowest BCUT2D eigenvalue weighted by molar-refractivity contribution is 0.173. The van der Waals surface area contributed by atoms with Crippen molar-refractivity contribution in [1.82, 2.24) is 14.8 Å². The van der Waals surface area contributed by atoms with Gasteiger partial charge in [0.15, 0.2) is 0 Å². The number of benzene rings is 1. The van der Waals surface area contributed by atoms with Crippen LogP contribution in [0.2, 0.25) is 0 Å². The summed E-state index contributed by atoms with van der Waals surface area (Å²) in [4.78, 5) is 4.19. The fraction of sp³-hybridized carbons (Fsp3) is 0.385. The molecule has 1 aromatic carbocycles. The number of hydrogen-bond donors (Lipinski definition) is 1. The normalized spacial score (nSPS) is 12.9. The lowest BCUT2D eigenvalue weighted by Crippen LogP contribution is -2.12. The van der Waals surface area contributed by atoms with Gasteiger partial charge in [0.2, 0.25) is 0 Å². The molecular weight excluding hydrogens is 214 g/mol. The Hall–Kier alpha value is -1.68. The van der Waals surface area contributed by atoms with Gasteiger partial charge in [0.25, 0.3) is 0 Å². The van der Waals surface area contributed by atoms with Crippen molar-refractivity contribution in [3.8, 4) is 0 Å². The van der Waals surface area contributed by atoms with Crippen LogP contribution < -0.4 is 0 Å². The highest BCUT2D eigenvalue weighted by Gasteiger charge is 2.14. The third-order valence-corrected chi connectivity index (χ3v) is 2.70. The summed E-state index contributed by atoms with van der Waals surface area (Å²) in [6.45, 7) is 4.10. The molecular formula is C13H17N3O. The summed E-state index contributed by atoms with van der Waals surface area (Å²) in [5.74, 6) is 0.816. The van der Waals surface area contributed by atoms with Crippen LogP contribution in [0.15, 0.2) is 36.7 Å². The fourth-order valence-electron chi connectivity index (χ4n) is 1.82. The summed E-state index contributed by atoms with van der Waals surface area (Å²) in [5, 5.41) is 14.3. The number of aromatic nitrogens is 3. The van der Waals surface area contributed by atoms with Gasteiger partial charge >= 0.3 is 0 Å². The van der Waals surface area contributed by atoms with Crippen LogP contribution >= 0.6 is 0 Å². The first-order valence-corrected chi connectivity index (χ1v) is 5.80. The van der Waals surface area contributed by atoms with Crippen LogP contribution in [-0.4, -0.2) is 19.9 Å². The van der Waals surface area contributed by atoms with Crippen molar-refractivity contribution in [1.29, 1.82) is 0 Å². The second kappa shape index (κ2) is 5.10. The third kappa shape index (κ3) is 2.71. The summed E-state index contributed by atoms with van der Waals surface area (Å²) < 4.78 is 1.84. The molecule has 0 amide bonds. The second-order valence-electron chi connectivity index (χ2n) is 4.35. The minimum atomic E-state index is -0.530. The Morgan fingerprint density at radius 2 is 1.94 bits per heavy atom. The molecule has 1 unspecified atom stereocenters. The Morgan fingerprint density at radius 3 is 2.59 bits per heavy atom. The van der Waals surface area contributed by atoms with E-state index in [4.69, 9.17) is 0 Å². The molecule has 0 saturated carbocycles. The zero-order chi connectivity index (χ0) is 12.3. The predicted molar refractivity (Wildman–Crippen MR) is 65.5 cm³/mol. The lowest BCUT2D eigenvalue weighted by atomic mass is 10.1. The molecule has 0 aliphatic rings. The van der Waals surface area contributed by atoms with Gasteiger partial charge in [-0.2, -0.15) is 5.10 Å². The first-order valence-electron chi connectivity index (χ1n) is 5.80. The van der Waals surface area contributed by atoms with Crippen LogP contribution in [0.3, 0.4) is 0 Å². The minimum Gasteiger partial charge on any atom is -0.388 e. The van der Waals surface area contributed by atoms with Gasteiger partial charge in [-0.25, -0.2) is 9.67 Å².